The number of phenols is 1. The van der Waals surface area contributed by atoms with Gasteiger partial charge in [-0.1, -0.05) is 82.3 Å². The number of carbonyl (C=O) groups is 11. The third-order valence-electron chi connectivity index (χ3n) is 16.6. The number of carboxylic acids is 3. The number of hydrogen-bond acceptors (Lipinski definition) is 22. The first kappa shape index (κ1) is 82.9. The molecule has 3 heterocycles. The number of fused-ring (bicyclic) bond motifs is 1. The number of H-pyrrole nitrogens is 1. The van der Waals surface area contributed by atoms with Crippen LogP contribution in [0.2, 0.25) is 0 Å². The molecule has 0 bridgehead atoms. The van der Waals surface area contributed by atoms with Crippen molar-refractivity contribution in [3.63, 3.8) is 0 Å². The number of aliphatic hydroxyl groups excluding tert-OH is 3. The fraction of sp³-hybridized carbons (Fsp3) is 0.523. The number of aliphatic hydroxyl groups is 3. The van der Waals surface area contributed by atoms with Crippen molar-refractivity contribution in [2.24, 2.45) is 5.73 Å². The van der Waals surface area contributed by atoms with E-state index in [1.54, 1.807) is 80.4 Å². The van der Waals surface area contributed by atoms with E-state index < -0.39 is 152 Å². The maximum absolute atomic E-state index is 15.3. The predicted molar refractivity (Wildman–Crippen MR) is 372 cm³/mol. The number of aromatic amines is 1. The third-order valence-corrected chi connectivity index (χ3v) is 19.0. The standard InChI is InChI=1S/C65H92N14O18S2.Ga/c1-39(81)51(36-80)72-64(96)53-38-99-98-37-52(73-60(92)48(28-41-10-4-3-5-11-41)68-54(84)32-76-20-22-77(33-55(85)86)24-26-79(35-57(89)90)27-25-78(23-21-76)34-56(87)88)63(95)70-49(29-42-15-17-44(83)18-16-42)61(93)71-50(30-43-31-67-46-13-7-6-12-45(43)46)62(94)69-47(14-8-9-19-66)59(91)75-58(40(2)82)65(97)74-53;/h3-7,10-13,15-18,31,39-40,47-53,58,67,80-83H,8-9,14,19-30,32-38,66H2,1-2H3,(H,68,84)(H,69,94)(H,70,95)(H,71,93)(H,72,96)(H,73,92)(H,74,97)(H,75,91)(H,85,86)(H,87,88)(H,89,90);/q;+3/t39-,40-,47-,48+,49-,50+,51+,52-,53?,58-;/m0./s1. The number of phenolic OH excluding ortho intramolecular Hbond substituents is 1. The number of carbonyl (C=O) groups excluding carboxylic acids is 8. The van der Waals surface area contributed by atoms with Gasteiger partial charge in [-0.25, -0.2) is 0 Å². The number of aromatic hydroxyl groups is 1. The van der Waals surface area contributed by atoms with Gasteiger partial charge in [0.1, 0.15) is 48.0 Å². The van der Waals surface area contributed by atoms with Gasteiger partial charge in [0.25, 0.3) is 0 Å². The maximum Gasteiger partial charge on any atom is 3.00 e. The summed E-state index contributed by atoms with van der Waals surface area (Å²) in [5.74, 6) is -11.6. The van der Waals surface area contributed by atoms with Crippen LogP contribution in [0.4, 0.5) is 0 Å². The van der Waals surface area contributed by atoms with Crippen molar-refractivity contribution in [2.45, 2.75) is 113 Å². The molecule has 3 aromatic carbocycles. The van der Waals surface area contributed by atoms with E-state index in [4.69, 9.17) is 5.73 Å². The number of para-hydroxylation sites is 1. The van der Waals surface area contributed by atoms with Crippen LogP contribution in [0.25, 0.3) is 10.9 Å². The first-order valence-corrected chi connectivity index (χ1v) is 35.0. The molecule has 2 saturated heterocycles. The van der Waals surface area contributed by atoms with Gasteiger partial charge in [0.05, 0.1) is 51.0 Å². The van der Waals surface area contributed by atoms with Gasteiger partial charge < -0.3 is 89.0 Å². The van der Waals surface area contributed by atoms with E-state index in [1.165, 1.54) is 38.1 Å². The molecule has 6 rings (SSSR count). The summed E-state index contributed by atoms with van der Waals surface area (Å²) in [6.45, 7) is 1.08. The minimum absolute atomic E-state index is 0. The molecule has 100 heavy (non-hydrogen) atoms. The zero-order valence-corrected chi connectivity index (χ0v) is 59.8. The van der Waals surface area contributed by atoms with Gasteiger partial charge in [-0.15, -0.1) is 0 Å². The molecule has 32 nitrogen and oxygen atoms in total. The van der Waals surface area contributed by atoms with Gasteiger partial charge in [-0.05, 0) is 74.5 Å². The summed E-state index contributed by atoms with van der Waals surface area (Å²) < 4.78 is 0. The molecular weight excluding hydrogens is 1400 g/mol. The number of nitrogens with two attached hydrogens (primary N) is 1. The number of nitrogens with one attached hydrogen (secondary N) is 9. The van der Waals surface area contributed by atoms with E-state index in [0.29, 0.717) is 34.0 Å². The van der Waals surface area contributed by atoms with E-state index in [1.807, 2.05) is 0 Å². The van der Waals surface area contributed by atoms with Crippen LogP contribution in [0.5, 0.6) is 5.75 Å². The minimum atomic E-state index is -1.77. The van der Waals surface area contributed by atoms with Crippen molar-refractivity contribution < 1.29 is 88.5 Å². The molecule has 35 heteroatoms. The molecule has 18 N–H and O–H groups in total. The second-order valence-corrected chi connectivity index (χ2v) is 27.0. The Hall–Kier alpha value is -7.81. The summed E-state index contributed by atoms with van der Waals surface area (Å²) >= 11 is 0. The zero-order chi connectivity index (χ0) is 72.1. The summed E-state index contributed by atoms with van der Waals surface area (Å²) in [4.78, 5) is 163. The molecular formula is C65H92GaN14O18S2+3. The largest absolute Gasteiger partial charge is 3.00 e. The number of aliphatic carboxylic acids is 3. The van der Waals surface area contributed by atoms with Gasteiger partial charge >= 0.3 is 37.7 Å². The van der Waals surface area contributed by atoms with Gasteiger partial charge in [0.2, 0.25) is 47.3 Å². The SMILES string of the molecule is C[C@H](O)[C@@H]1NC(=O)[C@H](CCCCN)NC(=O)[C@@H](Cc2c[nH]c3ccccc23)NC(=O)[C@H](Cc2ccc(O)cc2)NC(=O)[C@@H](NC(=O)[C@@H](Cc2ccccc2)NC(=O)CN2CCN(CC(=O)O)CCN(CC(=O)O)CCN(CC(=O)O)CC2)CSSCC(C(=O)N[C@H](CO)[C@H](C)O)NC1=O.[Ga+3]. The van der Waals surface area contributed by atoms with Crippen LogP contribution >= 0.6 is 21.6 Å². The van der Waals surface area contributed by atoms with Gasteiger partial charge in [-0.2, -0.15) is 0 Å². The molecule has 4 aromatic rings. The number of benzene rings is 3. The van der Waals surface area contributed by atoms with Crippen LogP contribution in [0, 0.1) is 0 Å². The van der Waals surface area contributed by atoms with Crippen LogP contribution < -0.4 is 48.3 Å². The first-order valence-electron chi connectivity index (χ1n) is 32.5. The van der Waals surface area contributed by atoms with Gasteiger partial charge in [0.15, 0.2) is 0 Å². The molecule has 0 aliphatic carbocycles. The van der Waals surface area contributed by atoms with Gasteiger partial charge in [-0.3, -0.25) is 72.3 Å². The molecule has 2 aliphatic heterocycles. The molecule has 1 unspecified atom stereocenters. The smallest absolute Gasteiger partial charge is 0.508 e. The molecule has 2 fully saturated rings. The second kappa shape index (κ2) is 42.4. The molecule has 0 spiro atoms. The van der Waals surface area contributed by atoms with E-state index in [0.717, 1.165) is 21.6 Å². The molecule has 0 saturated carbocycles. The van der Waals surface area contributed by atoms with E-state index in [2.05, 4.69) is 47.5 Å². The molecule has 0 radical (unpaired) electrons. The Labute approximate surface area is 599 Å². The van der Waals surface area contributed by atoms with Crippen molar-refractivity contribution in [1.82, 2.24) is 67.1 Å². The molecule has 542 valence electrons. The Morgan fingerprint density at radius 1 is 0.600 bits per heavy atom. The second-order valence-electron chi connectivity index (χ2n) is 24.5. The number of carboxylic acid groups (broad SMARTS) is 3. The van der Waals surface area contributed by atoms with Crippen LogP contribution in [0.15, 0.2) is 85.1 Å². The van der Waals surface area contributed by atoms with Crippen molar-refractivity contribution in [3.05, 3.63) is 102 Å². The molecule has 8 amide bonds. The van der Waals surface area contributed by atoms with E-state index >= 15 is 14.4 Å². The molecule has 10 atom stereocenters. The third kappa shape index (κ3) is 28.0. The maximum atomic E-state index is 15.3. The summed E-state index contributed by atoms with van der Waals surface area (Å²) in [6, 6.07) is 9.21. The molecule has 1 aromatic heterocycles. The van der Waals surface area contributed by atoms with Crippen molar-refractivity contribution >= 4 is 117 Å². The van der Waals surface area contributed by atoms with E-state index in [9.17, 15) is 74.1 Å². The summed E-state index contributed by atoms with van der Waals surface area (Å²) in [7, 11) is 1.81. The minimum Gasteiger partial charge on any atom is -0.508 e. The van der Waals surface area contributed by atoms with Crippen molar-refractivity contribution in [3.8, 4) is 5.75 Å². The Bertz CT molecular complexity index is 3330. The number of nitrogens with zero attached hydrogens (tertiary/aromatic N) is 4. The van der Waals surface area contributed by atoms with Crippen LogP contribution in [-0.2, 0) is 72.0 Å². The Morgan fingerprint density at radius 3 is 1.67 bits per heavy atom. The quantitative estimate of drug-likeness (QED) is 0.0163. The zero-order valence-electron chi connectivity index (χ0n) is 55.8. The number of rotatable bonds is 26. The number of amides is 8. The van der Waals surface area contributed by atoms with Gasteiger partial charge in [0, 0.05) is 100 Å². The van der Waals surface area contributed by atoms with Crippen LogP contribution in [-0.4, -0.2) is 309 Å². The predicted octanol–water partition coefficient (Wildman–Crippen LogP) is -3.85. The average molecular weight is 1490 g/mol. The van der Waals surface area contributed by atoms with Crippen molar-refractivity contribution in [2.75, 3.05) is 103 Å². The van der Waals surface area contributed by atoms with Crippen LogP contribution in [0.3, 0.4) is 0 Å². The Balaban J connectivity index is 0.0000180. The number of hydrogen-bond donors (Lipinski definition) is 17. The van der Waals surface area contributed by atoms with Crippen molar-refractivity contribution in [1.29, 1.82) is 0 Å². The number of unbranched alkanes of at least 4 members (excludes halogenated alkanes) is 1. The number of aromatic nitrogens is 1. The fourth-order valence-corrected chi connectivity index (χ4v) is 13.4. The Kier molecular flexibility index (Phi) is 35.2. The van der Waals surface area contributed by atoms with Crippen LogP contribution in [0.1, 0.15) is 49.8 Å². The summed E-state index contributed by atoms with van der Waals surface area (Å²) in [5, 5.41) is 93.2. The normalized spacial score (nSPS) is 21.8. The monoisotopic (exact) mass is 1490 g/mol. The molecule has 2 aliphatic rings. The summed E-state index contributed by atoms with van der Waals surface area (Å²) in [5.41, 5.74) is 8.05. The topological polar surface area (TPSA) is 480 Å². The average Bonchev–Trinajstić information content (AvgIpc) is 1.62. The Morgan fingerprint density at radius 2 is 1.12 bits per heavy atom. The summed E-state index contributed by atoms with van der Waals surface area (Å²) in [6.07, 6.45) is -1.31. The fourth-order valence-electron chi connectivity index (χ4n) is 11.1. The first-order chi connectivity index (χ1) is 47.3. The van der Waals surface area contributed by atoms with E-state index in [-0.39, 0.29) is 135 Å².